The van der Waals surface area contributed by atoms with Gasteiger partial charge in [0.15, 0.2) is 24.7 Å². The molecule has 0 bridgehead atoms. The second-order valence-electron chi connectivity index (χ2n) is 6.82. The van der Waals surface area contributed by atoms with Crippen molar-refractivity contribution in [1.29, 1.82) is 0 Å². The number of carbonyl (C=O) groups excluding carboxylic acids is 1. The minimum atomic E-state index is -0.102. The first-order chi connectivity index (χ1) is 13.6. The molecule has 1 aliphatic heterocycles. The first kappa shape index (κ1) is 18.0. The summed E-state index contributed by atoms with van der Waals surface area (Å²) in [7, 11) is 0. The van der Waals surface area contributed by atoms with Crippen LogP contribution in [-0.2, 0) is 6.54 Å². The van der Waals surface area contributed by atoms with E-state index in [4.69, 9.17) is 9.47 Å². The fourth-order valence-corrected chi connectivity index (χ4v) is 3.15. The molecule has 4 nitrogen and oxygen atoms in total. The zero-order valence-corrected chi connectivity index (χ0v) is 16.0. The molecule has 0 unspecified atom stereocenters. The number of rotatable bonds is 5. The van der Waals surface area contributed by atoms with Gasteiger partial charge in [-0.15, -0.1) is 0 Å². The zero-order chi connectivity index (χ0) is 19.5. The third-order valence-corrected chi connectivity index (χ3v) is 4.65. The Hall–Kier alpha value is -3.40. The molecule has 2 heterocycles. The van der Waals surface area contributed by atoms with Gasteiger partial charge >= 0.3 is 0 Å². The van der Waals surface area contributed by atoms with E-state index in [1.807, 2.05) is 31.5 Å². The fraction of sp³-hybridized carbons (Fsp3) is 0.167. The average Bonchev–Trinajstić information content (AvgIpc) is 3.00. The van der Waals surface area contributed by atoms with Gasteiger partial charge in [-0.2, -0.15) is 0 Å². The van der Waals surface area contributed by atoms with Crippen molar-refractivity contribution in [3.8, 4) is 11.5 Å². The molecule has 0 N–H and O–H groups in total. The van der Waals surface area contributed by atoms with E-state index < -0.39 is 0 Å². The number of allylic oxidation sites excluding steroid dienone is 1. The number of hydrogen-bond donors (Lipinski definition) is 0. The third kappa shape index (κ3) is 3.81. The van der Waals surface area contributed by atoms with Crippen molar-refractivity contribution in [3.05, 3.63) is 95.0 Å². The fourth-order valence-electron chi connectivity index (χ4n) is 3.15. The predicted molar refractivity (Wildman–Crippen MR) is 107 cm³/mol. The van der Waals surface area contributed by atoms with Crippen LogP contribution in [0.4, 0.5) is 0 Å². The molecule has 0 amide bonds. The van der Waals surface area contributed by atoms with Crippen molar-refractivity contribution in [2.24, 2.45) is 0 Å². The highest BCUT2D eigenvalue weighted by atomic mass is 16.5. The van der Waals surface area contributed by atoms with Gasteiger partial charge in [0.1, 0.15) is 11.5 Å². The maximum absolute atomic E-state index is 12.6. The van der Waals surface area contributed by atoms with E-state index >= 15 is 0 Å². The molecular formula is C24H22NO3+. The van der Waals surface area contributed by atoms with Gasteiger partial charge < -0.3 is 9.47 Å². The Kier molecular flexibility index (Phi) is 4.94. The minimum Gasteiger partial charge on any atom is -0.494 e. The summed E-state index contributed by atoms with van der Waals surface area (Å²) >= 11 is 0. The van der Waals surface area contributed by atoms with Crippen LogP contribution < -0.4 is 14.0 Å². The minimum absolute atomic E-state index is 0.102. The monoisotopic (exact) mass is 372 g/mol. The van der Waals surface area contributed by atoms with Crippen molar-refractivity contribution in [3.63, 3.8) is 0 Å². The molecule has 0 spiro atoms. The number of fused-ring (bicyclic) bond motifs is 1. The molecule has 4 heteroatoms. The van der Waals surface area contributed by atoms with Crippen LogP contribution in [0.15, 0.2) is 72.8 Å². The van der Waals surface area contributed by atoms with E-state index in [1.165, 1.54) is 11.1 Å². The summed E-state index contributed by atoms with van der Waals surface area (Å²) in [4.78, 5) is 12.6. The van der Waals surface area contributed by atoms with E-state index in [2.05, 4.69) is 35.8 Å². The number of ether oxygens (including phenoxy) is 2. The number of benzene rings is 2. The molecule has 140 valence electrons. The maximum Gasteiger partial charge on any atom is 0.231 e. The molecule has 4 rings (SSSR count). The molecule has 3 aromatic rings. The molecular weight excluding hydrogens is 350 g/mol. The van der Waals surface area contributed by atoms with Gasteiger partial charge in [0, 0.05) is 23.8 Å². The number of Topliss-reactive ketones (excluding diaryl/α,β-unsaturated/α-hetero) is 1. The number of aromatic nitrogens is 1. The summed E-state index contributed by atoms with van der Waals surface area (Å²) in [6, 6.07) is 17.8. The Morgan fingerprint density at radius 2 is 1.79 bits per heavy atom. The Morgan fingerprint density at radius 3 is 2.50 bits per heavy atom. The summed E-state index contributed by atoms with van der Waals surface area (Å²) in [5.41, 5.74) is 3.99. The largest absolute Gasteiger partial charge is 0.494 e. The zero-order valence-electron chi connectivity index (χ0n) is 16.0. The Morgan fingerprint density at radius 1 is 1.04 bits per heavy atom. The van der Waals surface area contributed by atoms with E-state index in [1.54, 1.807) is 24.3 Å². The number of nitrogens with zero attached hydrogens (tertiary/aromatic N) is 1. The maximum atomic E-state index is 12.6. The van der Waals surface area contributed by atoms with Crippen LogP contribution in [0.3, 0.4) is 0 Å². The lowest BCUT2D eigenvalue weighted by Gasteiger charge is -2.03. The molecule has 1 aliphatic rings. The molecule has 0 radical (unpaired) electrons. The number of carbonyl (C=O) groups is 1. The first-order valence-corrected chi connectivity index (χ1v) is 9.38. The summed E-state index contributed by atoms with van der Waals surface area (Å²) in [5.74, 6) is 1.48. The molecule has 0 fully saturated rings. The molecule has 0 saturated carbocycles. The highest BCUT2D eigenvalue weighted by Gasteiger charge is 2.27. The molecule has 0 aliphatic carbocycles. The van der Waals surface area contributed by atoms with E-state index in [9.17, 15) is 4.79 Å². The Balaban J connectivity index is 1.49. The Labute approximate surface area is 164 Å². The van der Waals surface area contributed by atoms with Gasteiger partial charge in [-0.1, -0.05) is 29.8 Å². The van der Waals surface area contributed by atoms with Crippen molar-refractivity contribution < 1.29 is 18.8 Å². The lowest BCUT2D eigenvalue weighted by Crippen LogP contribution is -2.33. The smallest absolute Gasteiger partial charge is 0.231 e. The van der Waals surface area contributed by atoms with Crippen LogP contribution >= 0.6 is 0 Å². The van der Waals surface area contributed by atoms with Crippen LogP contribution in [0.5, 0.6) is 11.5 Å². The molecule has 1 aromatic heterocycles. The molecule has 0 saturated heterocycles. The van der Waals surface area contributed by atoms with Crippen molar-refractivity contribution in [2.45, 2.75) is 20.4 Å². The first-order valence-electron chi connectivity index (χ1n) is 9.38. The number of hydrogen-bond acceptors (Lipinski definition) is 3. The number of ketones is 1. The van der Waals surface area contributed by atoms with Crippen LogP contribution in [0.25, 0.3) is 6.08 Å². The second-order valence-corrected chi connectivity index (χ2v) is 6.82. The lowest BCUT2D eigenvalue weighted by atomic mass is 10.1. The highest BCUT2D eigenvalue weighted by Crippen LogP contribution is 2.34. The second kappa shape index (κ2) is 7.69. The van der Waals surface area contributed by atoms with Crippen LogP contribution in [0.2, 0.25) is 0 Å². The molecule has 28 heavy (non-hydrogen) atoms. The lowest BCUT2D eigenvalue weighted by molar-refractivity contribution is -0.688. The van der Waals surface area contributed by atoms with Crippen LogP contribution in [0.1, 0.15) is 34.0 Å². The van der Waals surface area contributed by atoms with Crippen molar-refractivity contribution >= 4 is 11.9 Å². The van der Waals surface area contributed by atoms with E-state index in [-0.39, 0.29) is 5.78 Å². The highest BCUT2D eigenvalue weighted by molar-refractivity contribution is 6.14. The predicted octanol–water partition coefficient (Wildman–Crippen LogP) is 4.35. The van der Waals surface area contributed by atoms with E-state index in [0.29, 0.717) is 29.4 Å². The molecule has 2 aromatic carbocycles. The summed E-state index contributed by atoms with van der Waals surface area (Å²) < 4.78 is 13.4. The third-order valence-electron chi connectivity index (χ3n) is 4.65. The van der Waals surface area contributed by atoms with Gasteiger partial charge in [0.25, 0.3) is 0 Å². The normalized spacial score (nSPS) is 14.1. The van der Waals surface area contributed by atoms with Gasteiger partial charge in [-0.25, -0.2) is 4.57 Å². The van der Waals surface area contributed by atoms with Gasteiger partial charge in [0.2, 0.25) is 5.78 Å². The quantitative estimate of drug-likeness (QED) is 0.494. The van der Waals surface area contributed by atoms with E-state index in [0.717, 1.165) is 12.1 Å². The number of aryl methyl sites for hydroxylation is 1. The van der Waals surface area contributed by atoms with Crippen LogP contribution in [-0.4, -0.2) is 12.4 Å². The van der Waals surface area contributed by atoms with Gasteiger partial charge in [0.05, 0.1) is 12.2 Å². The number of pyridine rings is 1. The Bertz CT molecular complexity index is 1030. The summed E-state index contributed by atoms with van der Waals surface area (Å²) in [6.07, 6.45) is 5.79. The van der Waals surface area contributed by atoms with Crippen molar-refractivity contribution in [2.75, 3.05) is 6.61 Å². The summed E-state index contributed by atoms with van der Waals surface area (Å²) in [6.45, 7) is 5.38. The van der Waals surface area contributed by atoms with Crippen molar-refractivity contribution in [1.82, 2.24) is 0 Å². The summed E-state index contributed by atoms with van der Waals surface area (Å²) in [5, 5.41) is 0. The van der Waals surface area contributed by atoms with Gasteiger partial charge in [-0.05, 0) is 37.6 Å². The molecule has 0 atom stereocenters. The topological polar surface area (TPSA) is 39.4 Å². The SMILES string of the molecule is CCOc1ccc2c(c1)O/C(=C\c1cc[n+](Cc3ccc(C)cc3)cc1)C2=O. The van der Waals surface area contributed by atoms with Gasteiger partial charge in [-0.3, -0.25) is 4.79 Å². The van der Waals surface area contributed by atoms with Crippen LogP contribution in [0, 0.1) is 6.92 Å². The standard InChI is InChI=1S/C24H22NO3/c1-3-27-20-8-9-21-22(15-20)28-23(24(21)26)14-18-10-12-25(13-11-18)16-19-6-4-17(2)5-7-19/h4-15H,3,16H2,1-2H3/q+1/b23-14-. The average molecular weight is 372 g/mol.